The Bertz CT molecular complexity index is 732. The highest BCUT2D eigenvalue weighted by molar-refractivity contribution is 9.11. The first kappa shape index (κ1) is 20.7. The third kappa shape index (κ3) is 4.40. The van der Waals surface area contributed by atoms with E-state index in [9.17, 15) is 15.0 Å². The fourth-order valence-corrected chi connectivity index (χ4v) is 4.95. The van der Waals surface area contributed by atoms with E-state index in [0.29, 0.717) is 24.3 Å². The van der Waals surface area contributed by atoms with Crippen LogP contribution in [-0.2, 0) is 10.2 Å². The maximum atomic E-state index is 11.2. The molecule has 0 amide bonds. The van der Waals surface area contributed by atoms with E-state index in [-0.39, 0.29) is 17.9 Å². The summed E-state index contributed by atoms with van der Waals surface area (Å²) in [5.74, 6) is -0.727. The number of phenolic OH excluding ortho intramolecular Hbond substituents is 2. The zero-order valence-electron chi connectivity index (χ0n) is 13.0. The minimum atomic E-state index is -0.889. The van der Waals surface area contributed by atoms with Crippen molar-refractivity contribution in [3.63, 3.8) is 0 Å². The van der Waals surface area contributed by atoms with Crippen molar-refractivity contribution < 1.29 is 20.1 Å². The highest BCUT2D eigenvalue weighted by atomic mass is 79.9. The minimum Gasteiger partial charge on any atom is -0.506 e. The number of carboxylic acid groups (broad SMARTS) is 1. The Labute approximate surface area is 178 Å². The van der Waals surface area contributed by atoms with Crippen LogP contribution in [0.4, 0.5) is 0 Å². The number of hydrogen-bond donors (Lipinski definition) is 3. The molecule has 8 heteroatoms. The summed E-state index contributed by atoms with van der Waals surface area (Å²) in [6, 6.07) is 7.10. The summed E-state index contributed by atoms with van der Waals surface area (Å²) in [4.78, 5) is 11.2. The van der Waals surface area contributed by atoms with Crippen LogP contribution in [0.2, 0.25) is 0 Å². The van der Waals surface area contributed by atoms with Gasteiger partial charge in [0.1, 0.15) is 11.5 Å². The van der Waals surface area contributed by atoms with Crippen molar-refractivity contribution in [2.75, 3.05) is 0 Å². The van der Waals surface area contributed by atoms with Crippen molar-refractivity contribution in [3.05, 3.63) is 53.3 Å². The third-order valence-corrected chi connectivity index (χ3v) is 6.56. The molecule has 134 valence electrons. The molecule has 3 N–H and O–H groups in total. The van der Waals surface area contributed by atoms with Gasteiger partial charge in [0.15, 0.2) is 0 Å². The Morgan fingerprint density at radius 3 is 1.48 bits per heavy atom. The standard InChI is InChI=1S/C17H14Br4O4/c1-17(3-2-14(22)23,8-4-10(18)15(24)11(19)5-8)9-6-12(20)16(25)13(21)7-9/h4-7,24-25H,2-3H2,1H3,(H,22,23). The van der Waals surface area contributed by atoms with Crippen LogP contribution in [0.3, 0.4) is 0 Å². The predicted octanol–water partition coefficient (Wildman–Crippen LogP) is 6.32. The summed E-state index contributed by atoms with van der Waals surface area (Å²) in [6.45, 7) is 1.94. The molecule has 2 rings (SSSR count). The molecule has 0 aliphatic carbocycles. The maximum Gasteiger partial charge on any atom is 0.303 e. The second kappa shape index (κ2) is 7.98. The average molecular weight is 602 g/mol. The zero-order chi connectivity index (χ0) is 18.9. The lowest BCUT2D eigenvalue weighted by atomic mass is 9.73. The number of aliphatic carboxylic acids is 1. The highest BCUT2D eigenvalue weighted by Gasteiger charge is 2.32. The molecule has 0 bridgehead atoms. The Morgan fingerprint density at radius 1 is 0.880 bits per heavy atom. The zero-order valence-corrected chi connectivity index (χ0v) is 19.3. The molecule has 25 heavy (non-hydrogen) atoms. The molecule has 2 aromatic carbocycles. The van der Waals surface area contributed by atoms with Crippen LogP contribution < -0.4 is 0 Å². The smallest absolute Gasteiger partial charge is 0.303 e. The summed E-state index contributed by atoms with van der Waals surface area (Å²) in [7, 11) is 0. The summed E-state index contributed by atoms with van der Waals surface area (Å²) in [5, 5.41) is 29.1. The van der Waals surface area contributed by atoms with E-state index in [0.717, 1.165) is 11.1 Å². The Hall–Kier alpha value is -0.570. The summed E-state index contributed by atoms with van der Waals surface area (Å²) < 4.78 is 2.04. The quantitative estimate of drug-likeness (QED) is 0.375. The number of phenols is 2. The molecule has 0 aliphatic heterocycles. The molecule has 0 fully saturated rings. The lowest BCUT2D eigenvalue weighted by molar-refractivity contribution is -0.137. The highest BCUT2D eigenvalue weighted by Crippen LogP contribution is 2.45. The third-order valence-electron chi connectivity index (χ3n) is 4.15. The number of aromatic hydroxyl groups is 2. The van der Waals surface area contributed by atoms with Crippen molar-refractivity contribution in [3.8, 4) is 11.5 Å². The molecule has 2 aromatic rings. The molecule has 0 spiro atoms. The topological polar surface area (TPSA) is 77.8 Å². The van der Waals surface area contributed by atoms with Crippen molar-refractivity contribution in [2.24, 2.45) is 0 Å². The van der Waals surface area contributed by atoms with E-state index in [2.05, 4.69) is 63.7 Å². The van der Waals surface area contributed by atoms with Crippen LogP contribution in [0.5, 0.6) is 11.5 Å². The number of halogens is 4. The van der Waals surface area contributed by atoms with E-state index in [1.165, 1.54) is 0 Å². The maximum absolute atomic E-state index is 11.2. The predicted molar refractivity (Wildman–Crippen MR) is 110 cm³/mol. The summed E-state index contributed by atoms with van der Waals surface area (Å²) >= 11 is 13.3. The van der Waals surface area contributed by atoms with Crippen molar-refractivity contribution in [1.29, 1.82) is 0 Å². The van der Waals surface area contributed by atoms with Gasteiger partial charge in [0.25, 0.3) is 0 Å². The van der Waals surface area contributed by atoms with E-state index >= 15 is 0 Å². The summed E-state index contributed by atoms with van der Waals surface area (Å²) in [5.41, 5.74) is 1.00. The summed E-state index contributed by atoms with van der Waals surface area (Å²) in [6.07, 6.45) is 0.318. The number of carbonyl (C=O) groups is 1. The molecule has 0 saturated carbocycles. The lowest BCUT2D eigenvalue weighted by Crippen LogP contribution is -2.25. The first-order valence-electron chi connectivity index (χ1n) is 7.15. The Balaban J connectivity index is 2.68. The molecule has 4 nitrogen and oxygen atoms in total. The lowest BCUT2D eigenvalue weighted by Gasteiger charge is -2.32. The van der Waals surface area contributed by atoms with Crippen LogP contribution >= 0.6 is 63.7 Å². The van der Waals surface area contributed by atoms with Gasteiger partial charge in [-0.1, -0.05) is 6.92 Å². The Morgan fingerprint density at radius 2 is 1.20 bits per heavy atom. The van der Waals surface area contributed by atoms with Crippen LogP contribution in [0.25, 0.3) is 0 Å². The monoisotopic (exact) mass is 598 g/mol. The molecule has 0 saturated heterocycles. The first-order chi connectivity index (χ1) is 11.6. The minimum absolute atomic E-state index is 0.0251. The van der Waals surface area contributed by atoms with E-state index in [1.54, 1.807) is 24.3 Å². The normalized spacial score (nSPS) is 11.6. The van der Waals surface area contributed by atoms with Gasteiger partial charge in [0.05, 0.1) is 17.9 Å². The second-order valence-corrected chi connectivity index (χ2v) is 9.22. The molecular formula is C17H14Br4O4. The van der Waals surface area contributed by atoms with Gasteiger partial charge in [0, 0.05) is 11.8 Å². The van der Waals surface area contributed by atoms with E-state index in [1.807, 2.05) is 6.92 Å². The molecule has 0 radical (unpaired) electrons. The van der Waals surface area contributed by atoms with Crippen LogP contribution in [0, 0.1) is 0 Å². The van der Waals surface area contributed by atoms with Gasteiger partial charge in [0.2, 0.25) is 0 Å². The first-order valence-corrected chi connectivity index (χ1v) is 10.3. The SMILES string of the molecule is CC(CCC(=O)O)(c1cc(Br)c(O)c(Br)c1)c1cc(Br)c(O)c(Br)c1. The number of hydrogen-bond acceptors (Lipinski definition) is 3. The fourth-order valence-electron chi connectivity index (χ4n) is 2.58. The van der Waals surface area contributed by atoms with Gasteiger partial charge in [-0.05, 0) is 106 Å². The van der Waals surface area contributed by atoms with Crippen molar-refractivity contribution in [1.82, 2.24) is 0 Å². The van der Waals surface area contributed by atoms with Gasteiger partial charge in [-0.3, -0.25) is 4.79 Å². The van der Waals surface area contributed by atoms with E-state index < -0.39 is 11.4 Å². The fraction of sp³-hybridized carbons (Fsp3) is 0.235. The molecule has 0 aromatic heterocycles. The van der Waals surface area contributed by atoms with Crippen molar-refractivity contribution >= 4 is 69.7 Å². The molecule has 0 heterocycles. The molecule has 0 unspecified atom stereocenters. The van der Waals surface area contributed by atoms with Crippen LogP contribution in [0.15, 0.2) is 42.2 Å². The Kier molecular flexibility index (Phi) is 6.62. The average Bonchev–Trinajstić information content (AvgIpc) is 2.54. The number of rotatable bonds is 5. The van der Waals surface area contributed by atoms with E-state index in [4.69, 9.17) is 5.11 Å². The van der Waals surface area contributed by atoms with Crippen LogP contribution in [-0.4, -0.2) is 21.3 Å². The molecule has 0 atom stereocenters. The number of carboxylic acids is 1. The largest absolute Gasteiger partial charge is 0.506 e. The van der Waals surface area contributed by atoms with Gasteiger partial charge >= 0.3 is 5.97 Å². The van der Waals surface area contributed by atoms with Gasteiger partial charge < -0.3 is 15.3 Å². The van der Waals surface area contributed by atoms with Gasteiger partial charge in [-0.15, -0.1) is 0 Å². The second-order valence-electron chi connectivity index (χ2n) is 5.80. The molecule has 0 aliphatic rings. The van der Waals surface area contributed by atoms with Crippen LogP contribution in [0.1, 0.15) is 30.9 Å². The van der Waals surface area contributed by atoms with Gasteiger partial charge in [-0.25, -0.2) is 0 Å². The van der Waals surface area contributed by atoms with Crippen molar-refractivity contribution in [2.45, 2.75) is 25.2 Å². The van der Waals surface area contributed by atoms with Gasteiger partial charge in [-0.2, -0.15) is 0 Å². The number of benzene rings is 2. The molecular weight excluding hydrogens is 588 g/mol.